The standard InChI is InChI=1S/C12H22N4O5/c1-6(15-11(19)7(2)16-8(3)17)5-14-9(12(20)21)4-10(13)18/h6-7,9,14H,4-5H2,1-3H3,(H2,13,18)(H,15,19)(H,16,17)(H,20,21)/t6-,7-,9-/m0/s1. The number of carbonyl (C=O) groups excluding carboxylic acids is 3. The summed E-state index contributed by atoms with van der Waals surface area (Å²) in [6.45, 7) is 4.64. The molecule has 0 rings (SSSR count). The fourth-order valence-electron chi connectivity index (χ4n) is 1.56. The summed E-state index contributed by atoms with van der Waals surface area (Å²) in [6, 6.07) is -2.18. The number of nitrogens with one attached hydrogen (secondary N) is 3. The van der Waals surface area contributed by atoms with Gasteiger partial charge >= 0.3 is 5.97 Å². The van der Waals surface area contributed by atoms with Crippen LogP contribution >= 0.6 is 0 Å². The number of hydrogen-bond acceptors (Lipinski definition) is 5. The summed E-state index contributed by atoms with van der Waals surface area (Å²) < 4.78 is 0. The molecule has 0 aromatic heterocycles. The van der Waals surface area contributed by atoms with Crippen LogP contribution in [0.2, 0.25) is 0 Å². The lowest BCUT2D eigenvalue weighted by atomic mass is 10.2. The van der Waals surface area contributed by atoms with E-state index in [2.05, 4.69) is 16.0 Å². The normalized spacial score (nSPS) is 14.6. The van der Waals surface area contributed by atoms with E-state index in [0.29, 0.717) is 0 Å². The van der Waals surface area contributed by atoms with Gasteiger partial charge in [0.15, 0.2) is 0 Å². The van der Waals surface area contributed by atoms with Crippen molar-refractivity contribution < 1.29 is 24.3 Å². The van der Waals surface area contributed by atoms with Crippen LogP contribution < -0.4 is 21.7 Å². The van der Waals surface area contributed by atoms with Gasteiger partial charge in [0.25, 0.3) is 0 Å². The Bertz CT molecular complexity index is 412. The lowest BCUT2D eigenvalue weighted by Crippen LogP contribution is -2.51. The zero-order valence-electron chi connectivity index (χ0n) is 12.3. The molecule has 0 saturated carbocycles. The number of carbonyl (C=O) groups is 4. The summed E-state index contributed by atoms with van der Waals surface area (Å²) in [7, 11) is 0. The number of hydrogen-bond donors (Lipinski definition) is 5. The van der Waals surface area contributed by atoms with Crippen molar-refractivity contribution in [2.45, 2.75) is 45.3 Å². The second-order valence-corrected chi connectivity index (χ2v) is 4.80. The lowest BCUT2D eigenvalue weighted by molar-refractivity contribution is -0.141. The van der Waals surface area contributed by atoms with Crippen LogP contribution in [0.25, 0.3) is 0 Å². The summed E-state index contributed by atoms with van der Waals surface area (Å²) in [5.41, 5.74) is 4.95. The first kappa shape index (κ1) is 18.8. The fraction of sp³-hybridized carbons (Fsp3) is 0.667. The Labute approximate surface area is 122 Å². The summed E-state index contributed by atoms with van der Waals surface area (Å²) in [5, 5.41) is 16.6. The van der Waals surface area contributed by atoms with E-state index in [1.807, 2.05) is 0 Å². The van der Waals surface area contributed by atoms with E-state index in [-0.39, 0.29) is 30.8 Å². The van der Waals surface area contributed by atoms with Crippen LogP contribution in [-0.4, -0.2) is 53.5 Å². The SMILES string of the molecule is CC(=O)N[C@@H](C)C(=O)N[C@@H](C)CN[C@@H](CC(N)=O)C(=O)O. The molecule has 3 atom stereocenters. The molecule has 0 bridgehead atoms. The largest absolute Gasteiger partial charge is 0.480 e. The summed E-state index contributed by atoms with van der Waals surface area (Å²) >= 11 is 0. The van der Waals surface area contributed by atoms with Crippen molar-refractivity contribution >= 4 is 23.7 Å². The summed E-state index contributed by atoms with van der Waals surface area (Å²) in [4.78, 5) is 44.2. The molecule has 0 radical (unpaired) electrons. The molecule has 0 aliphatic heterocycles. The molecule has 6 N–H and O–H groups in total. The molecule has 0 aliphatic rings. The van der Waals surface area contributed by atoms with Gasteiger partial charge in [-0.1, -0.05) is 0 Å². The van der Waals surface area contributed by atoms with E-state index < -0.39 is 24.0 Å². The first-order chi connectivity index (χ1) is 9.63. The highest BCUT2D eigenvalue weighted by molar-refractivity contribution is 5.86. The van der Waals surface area contributed by atoms with E-state index in [1.165, 1.54) is 13.8 Å². The van der Waals surface area contributed by atoms with Gasteiger partial charge in [-0.05, 0) is 13.8 Å². The molecule has 9 heteroatoms. The van der Waals surface area contributed by atoms with Crippen LogP contribution in [0.1, 0.15) is 27.2 Å². The molecular formula is C12H22N4O5. The highest BCUT2D eigenvalue weighted by Crippen LogP contribution is 1.93. The van der Waals surface area contributed by atoms with Gasteiger partial charge < -0.3 is 26.8 Å². The van der Waals surface area contributed by atoms with E-state index in [0.717, 1.165) is 0 Å². The Morgan fingerprint density at radius 3 is 2.14 bits per heavy atom. The molecule has 3 amide bonds. The van der Waals surface area contributed by atoms with E-state index >= 15 is 0 Å². The summed E-state index contributed by atoms with van der Waals surface area (Å²) in [5.74, 6) is -2.64. The Hall–Kier alpha value is -2.16. The third kappa shape index (κ3) is 8.58. The maximum Gasteiger partial charge on any atom is 0.321 e. The maximum atomic E-state index is 11.7. The molecule has 0 saturated heterocycles. The minimum atomic E-state index is -1.20. The molecule has 0 aliphatic carbocycles. The molecule has 21 heavy (non-hydrogen) atoms. The highest BCUT2D eigenvalue weighted by Gasteiger charge is 2.21. The van der Waals surface area contributed by atoms with Gasteiger partial charge in [-0.2, -0.15) is 0 Å². The molecule has 0 heterocycles. The maximum absolute atomic E-state index is 11.7. The second-order valence-electron chi connectivity index (χ2n) is 4.80. The lowest BCUT2D eigenvalue weighted by Gasteiger charge is -2.20. The Balaban J connectivity index is 4.26. The summed E-state index contributed by atoms with van der Waals surface area (Å²) in [6.07, 6.45) is -0.335. The van der Waals surface area contributed by atoms with Crippen molar-refractivity contribution in [2.75, 3.05) is 6.54 Å². The zero-order chi connectivity index (χ0) is 16.6. The van der Waals surface area contributed by atoms with Crippen molar-refractivity contribution in [1.82, 2.24) is 16.0 Å². The first-order valence-corrected chi connectivity index (χ1v) is 6.45. The van der Waals surface area contributed by atoms with Gasteiger partial charge in [-0.3, -0.25) is 19.2 Å². The predicted octanol–water partition coefficient (Wildman–Crippen LogP) is -2.07. The quantitative estimate of drug-likeness (QED) is 0.330. The van der Waals surface area contributed by atoms with Gasteiger partial charge in [-0.15, -0.1) is 0 Å². The van der Waals surface area contributed by atoms with Crippen LogP contribution in [0.4, 0.5) is 0 Å². The zero-order valence-corrected chi connectivity index (χ0v) is 12.3. The van der Waals surface area contributed by atoms with Crippen molar-refractivity contribution in [2.24, 2.45) is 5.73 Å². The van der Waals surface area contributed by atoms with Crippen molar-refractivity contribution in [3.63, 3.8) is 0 Å². The Morgan fingerprint density at radius 1 is 1.14 bits per heavy atom. The van der Waals surface area contributed by atoms with Crippen LogP contribution in [0, 0.1) is 0 Å². The molecule has 0 fully saturated rings. The van der Waals surface area contributed by atoms with Gasteiger partial charge in [0.1, 0.15) is 12.1 Å². The first-order valence-electron chi connectivity index (χ1n) is 6.45. The van der Waals surface area contributed by atoms with Gasteiger partial charge in [0, 0.05) is 19.5 Å². The Kier molecular flexibility index (Phi) is 7.99. The third-order valence-electron chi connectivity index (χ3n) is 2.58. The topological polar surface area (TPSA) is 151 Å². The van der Waals surface area contributed by atoms with Crippen LogP contribution in [0.3, 0.4) is 0 Å². The number of carboxylic acids is 1. The van der Waals surface area contributed by atoms with E-state index in [4.69, 9.17) is 10.8 Å². The van der Waals surface area contributed by atoms with Crippen molar-refractivity contribution in [3.05, 3.63) is 0 Å². The monoisotopic (exact) mass is 302 g/mol. The number of aliphatic carboxylic acids is 1. The van der Waals surface area contributed by atoms with E-state index in [1.54, 1.807) is 6.92 Å². The average Bonchev–Trinajstić information content (AvgIpc) is 2.32. The highest BCUT2D eigenvalue weighted by atomic mass is 16.4. The minimum absolute atomic E-state index is 0.142. The predicted molar refractivity (Wildman–Crippen MR) is 74.1 cm³/mol. The van der Waals surface area contributed by atoms with Gasteiger partial charge in [-0.25, -0.2) is 0 Å². The number of amides is 3. The fourth-order valence-corrected chi connectivity index (χ4v) is 1.56. The van der Waals surface area contributed by atoms with Crippen LogP contribution in [0.15, 0.2) is 0 Å². The minimum Gasteiger partial charge on any atom is -0.480 e. The smallest absolute Gasteiger partial charge is 0.321 e. The number of primary amides is 1. The molecule has 0 unspecified atom stereocenters. The van der Waals surface area contributed by atoms with Crippen LogP contribution in [0.5, 0.6) is 0 Å². The number of rotatable bonds is 9. The number of nitrogens with two attached hydrogens (primary N) is 1. The molecule has 0 aromatic rings. The van der Waals surface area contributed by atoms with Gasteiger partial charge in [0.05, 0.1) is 6.42 Å². The van der Waals surface area contributed by atoms with E-state index in [9.17, 15) is 19.2 Å². The van der Waals surface area contributed by atoms with Crippen LogP contribution in [-0.2, 0) is 19.2 Å². The average molecular weight is 302 g/mol. The molecule has 120 valence electrons. The van der Waals surface area contributed by atoms with Crippen molar-refractivity contribution in [3.8, 4) is 0 Å². The van der Waals surface area contributed by atoms with Crippen molar-refractivity contribution in [1.29, 1.82) is 0 Å². The Morgan fingerprint density at radius 2 is 1.71 bits per heavy atom. The van der Waals surface area contributed by atoms with Gasteiger partial charge in [0.2, 0.25) is 17.7 Å². The number of carboxylic acid groups (broad SMARTS) is 1. The third-order valence-corrected chi connectivity index (χ3v) is 2.58. The second kappa shape index (κ2) is 8.90. The molecule has 0 spiro atoms. The molecule has 0 aromatic carbocycles. The molecule has 9 nitrogen and oxygen atoms in total. The molecular weight excluding hydrogens is 280 g/mol.